The van der Waals surface area contributed by atoms with E-state index in [1.807, 2.05) is 16.0 Å². The largest absolute Gasteiger partial charge is 0.323 e. The second-order valence-corrected chi connectivity index (χ2v) is 6.00. The van der Waals surface area contributed by atoms with Crippen LogP contribution in [0.4, 0.5) is 4.39 Å². The highest BCUT2D eigenvalue weighted by atomic mass is 35.5. The lowest BCUT2D eigenvalue weighted by molar-refractivity contribution is 0.628. The summed E-state index contributed by atoms with van der Waals surface area (Å²) in [7, 11) is 0. The van der Waals surface area contributed by atoms with Gasteiger partial charge in [-0.15, -0.1) is 11.6 Å². The van der Waals surface area contributed by atoms with Crippen LogP contribution in [0, 0.1) is 5.82 Å². The van der Waals surface area contributed by atoms with Crippen LogP contribution >= 0.6 is 34.5 Å². The molecule has 2 aromatic heterocycles. The minimum Gasteiger partial charge on any atom is -0.323 e. The van der Waals surface area contributed by atoms with Gasteiger partial charge in [-0.2, -0.15) is 11.3 Å². The number of alkyl halides is 1. The van der Waals surface area contributed by atoms with Crippen LogP contribution in [-0.4, -0.2) is 15.4 Å². The zero-order valence-corrected chi connectivity index (χ0v) is 12.8. The van der Waals surface area contributed by atoms with Gasteiger partial charge in [0.15, 0.2) is 0 Å². The van der Waals surface area contributed by atoms with Gasteiger partial charge in [0.25, 0.3) is 0 Å². The van der Waals surface area contributed by atoms with Crippen molar-refractivity contribution in [2.75, 3.05) is 5.88 Å². The molecule has 0 bridgehead atoms. The Kier molecular flexibility index (Phi) is 3.96. The molecule has 0 atom stereocenters. The molecule has 104 valence electrons. The maximum absolute atomic E-state index is 13.7. The first-order valence-electron chi connectivity index (χ1n) is 6.10. The number of nitrogens with zero attached hydrogens (tertiary/aromatic N) is 2. The van der Waals surface area contributed by atoms with Crippen LogP contribution in [0.1, 0.15) is 11.4 Å². The van der Waals surface area contributed by atoms with Crippen molar-refractivity contribution in [3.63, 3.8) is 0 Å². The Morgan fingerprint density at radius 3 is 2.90 bits per heavy atom. The minimum absolute atomic E-state index is 0.0927. The van der Waals surface area contributed by atoms with Crippen molar-refractivity contribution in [1.82, 2.24) is 9.55 Å². The molecular weight excluding hydrogens is 318 g/mol. The van der Waals surface area contributed by atoms with Crippen molar-refractivity contribution in [2.24, 2.45) is 0 Å². The highest BCUT2D eigenvalue weighted by molar-refractivity contribution is 7.07. The number of aromatic nitrogens is 2. The van der Waals surface area contributed by atoms with E-state index in [0.29, 0.717) is 24.4 Å². The Morgan fingerprint density at radius 2 is 2.20 bits per heavy atom. The van der Waals surface area contributed by atoms with Crippen molar-refractivity contribution in [1.29, 1.82) is 0 Å². The maximum Gasteiger partial charge on any atom is 0.144 e. The van der Waals surface area contributed by atoms with E-state index >= 15 is 0 Å². The molecule has 0 saturated heterocycles. The van der Waals surface area contributed by atoms with Crippen molar-refractivity contribution in [3.8, 4) is 0 Å². The van der Waals surface area contributed by atoms with Gasteiger partial charge in [0.05, 0.1) is 22.6 Å². The number of thiophene rings is 1. The van der Waals surface area contributed by atoms with Gasteiger partial charge in [-0.1, -0.05) is 11.6 Å². The van der Waals surface area contributed by atoms with Gasteiger partial charge < -0.3 is 4.57 Å². The fourth-order valence-corrected chi connectivity index (χ4v) is 3.17. The number of benzene rings is 1. The molecule has 1 aromatic carbocycles. The molecule has 0 unspecified atom stereocenters. The molecule has 20 heavy (non-hydrogen) atoms. The second kappa shape index (κ2) is 5.72. The number of aryl methyl sites for hydroxylation is 1. The van der Waals surface area contributed by atoms with Crippen LogP contribution < -0.4 is 0 Å². The van der Waals surface area contributed by atoms with E-state index in [9.17, 15) is 4.39 Å². The standard InChI is InChI=1S/C14H11Cl2FN2S/c15-3-1-14-18-12-5-10(16)11(17)6-13(12)19(14)7-9-2-4-20-8-9/h2,4-6,8H,1,3,7H2. The lowest BCUT2D eigenvalue weighted by atomic mass is 10.3. The average molecular weight is 329 g/mol. The van der Waals surface area contributed by atoms with Crippen molar-refractivity contribution in [2.45, 2.75) is 13.0 Å². The fraction of sp³-hybridized carbons (Fsp3) is 0.214. The molecule has 0 radical (unpaired) electrons. The summed E-state index contributed by atoms with van der Waals surface area (Å²) in [6.45, 7) is 0.660. The van der Waals surface area contributed by atoms with Gasteiger partial charge in [0, 0.05) is 18.4 Å². The summed E-state index contributed by atoms with van der Waals surface area (Å²) in [6, 6.07) is 5.05. The van der Waals surface area contributed by atoms with Gasteiger partial charge >= 0.3 is 0 Å². The lowest BCUT2D eigenvalue weighted by Crippen LogP contribution is -2.05. The first-order valence-corrected chi connectivity index (χ1v) is 7.96. The Hall–Kier alpha value is -1.10. The molecule has 3 aromatic rings. The summed E-state index contributed by atoms with van der Waals surface area (Å²) in [5.41, 5.74) is 2.62. The number of rotatable bonds is 4. The van der Waals surface area contributed by atoms with E-state index in [4.69, 9.17) is 23.2 Å². The lowest BCUT2D eigenvalue weighted by Gasteiger charge is -2.07. The number of fused-ring (bicyclic) bond motifs is 1. The monoisotopic (exact) mass is 328 g/mol. The van der Waals surface area contributed by atoms with E-state index in [0.717, 1.165) is 11.3 Å². The molecule has 0 fully saturated rings. The van der Waals surface area contributed by atoms with Crippen molar-refractivity contribution in [3.05, 3.63) is 51.2 Å². The average Bonchev–Trinajstić information content (AvgIpc) is 3.02. The SMILES string of the molecule is Fc1cc2c(cc1Cl)nc(CCCl)n2Cc1ccsc1. The molecule has 3 rings (SSSR count). The third-order valence-corrected chi connectivity index (χ3v) is 4.32. The Balaban J connectivity index is 2.15. The van der Waals surface area contributed by atoms with Gasteiger partial charge in [0.2, 0.25) is 0 Å². The molecule has 2 nitrogen and oxygen atoms in total. The molecule has 0 saturated carbocycles. The summed E-state index contributed by atoms with van der Waals surface area (Å²) >= 11 is 13.3. The summed E-state index contributed by atoms with van der Waals surface area (Å²) in [5, 5.41) is 4.19. The maximum atomic E-state index is 13.7. The van der Waals surface area contributed by atoms with Crippen LogP contribution in [0.25, 0.3) is 11.0 Å². The molecule has 0 amide bonds. The van der Waals surface area contributed by atoms with Crippen molar-refractivity contribution >= 4 is 45.6 Å². The summed E-state index contributed by atoms with van der Waals surface area (Å²) < 4.78 is 15.7. The zero-order valence-electron chi connectivity index (χ0n) is 10.4. The molecule has 0 aliphatic rings. The highest BCUT2D eigenvalue weighted by Gasteiger charge is 2.13. The minimum atomic E-state index is -0.428. The summed E-state index contributed by atoms with van der Waals surface area (Å²) in [4.78, 5) is 4.52. The number of halogens is 3. The van der Waals surface area contributed by atoms with Crippen LogP contribution in [0.15, 0.2) is 29.0 Å². The van der Waals surface area contributed by atoms with E-state index in [2.05, 4.69) is 10.4 Å². The van der Waals surface area contributed by atoms with Gasteiger partial charge in [-0.3, -0.25) is 0 Å². The predicted octanol–water partition coefficient (Wildman–Crippen LogP) is 4.72. The Bertz CT molecular complexity index is 737. The predicted molar refractivity (Wildman–Crippen MR) is 82.5 cm³/mol. The van der Waals surface area contributed by atoms with Crippen LogP contribution in [-0.2, 0) is 13.0 Å². The van der Waals surface area contributed by atoms with Crippen LogP contribution in [0.5, 0.6) is 0 Å². The smallest absolute Gasteiger partial charge is 0.144 e. The topological polar surface area (TPSA) is 17.8 Å². The fourth-order valence-electron chi connectivity index (χ4n) is 2.19. The molecule has 2 heterocycles. The van der Waals surface area contributed by atoms with E-state index in [1.54, 1.807) is 17.4 Å². The van der Waals surface area contributed by atoms with Gasteiger partial charge in [-0.25, -0.2) is 9.37 Å². The highest BCUT2D eigenvalue weighted by Crippen LogP contribution is 2.25. The Labute approximate surface area is 129 Å². The quantitative estimate of drug-likeness (QED) is 0.633. The number of hydrogen-bond donors (Lipinski definition) is 0. The second-order valence-electron chi connectivity index (χ2n) is 4.44. The summed E-state index contributed by atoms with van der Waals surface area (Å²) in [5.74, 6) is 0.898. The number of imidazole rings is 1. The van der Waals surface area contributed by atoms with E-state index < -0.39 is 5.82 Å². The first kappa shape index (κ1) is 13.9. The normalized spacial score (nSPS) is 11.3. The number of hydrogen-bond acceptors (Lipinski definition) is 2. The zero-order chi connectivity index (χ0) is 14.1. The Morgan fingerprint density at radius 1 is 1.35 bits per heavy atom. The van der Waals surface area contributed by atoms with Crippen LogP contribution in [0.2, 0.25) is 5.02 Å². The molecule has 0 N–H and O–H groups in total. The van der Waals surface area contributed by atoms with E-state index in [1.165, 1.54) is 11.6 Å². The van der Waals surface area contributed by atoms with Crippen molar-refractivity contribution < 1.29 is 4.39 Å². The third-order valence-electron chi connectivity index (χ3n) is 3.11. The molecular formula is C14H11Cl2FN2S. The molecule has 0 aliphatic heterocycles. The molecule has 6 heteroatoms. The van der Waals surface area contributed by atoms with E-state index in [-0.39, 0.29) is 5.02 Å². The van der Waals surface area contributed by atoms with Gasteiger partial charge in [-0.05, 0) is 28.5 Å². The van der Waals surface area contributed by atoms with Gasteiger partial charge in [0.1, 0.15) is 11.6 Å². The first-order chi connectivity index (χ1) is 9.69. The molecule has 0 aliphatic carbocycles. The summed E-state index contributed by atoms with van der Waals surface area (Å²) in [6.07, 6.45) is 0.639. The van der Waals surface area contributed by atoms with Crippen LogP contribution in [0.3, 0.4) is 0 Å². The third kappa shape index (κ3) is 2.55. The molecule has 0 spiro atoms.